The molecule has 1 aromatic carbocycles. The Morgan fingerprint density at radius 1 is 1.53 bits per heavy atom. The molecule has 1 saturated heterocycles. The summed E-state index contributed by atoms with van der Waals surface area (Å²) in [7, 11) is 0. The lowest BCUT2D eigenvalue weighted by Crippen LogP contribution is -2.38. The van der Waals surface area contributed by atoms with E-state index in [1.165, 1.54) is 15.6 Å². The Labute approximate surface area is 110 Å². The second kappa shape index (κ2) is 3.84. The first-order chi connectivity index (χ1) is 8.17. The van der Waals surface area contributed by atoms with E-state index in [2.05, 4.69) is 46.4 Å². The van der Waals surface area contributed by atoms with Gasteiger partial charge in [-0.3, -0.25) is 4.79 Å². The van der Waals surface area contributed by atoms with Crippen molar-refractivity contribution in [2.45, 2.75) is 44.1 Å². The molecule has 1 spiro atoms. The minimum atomic E-state index is 0.0605. The third kappa shape index (κ3) is 1.48. The Morgan fingerprint density at radius 3 is 3.12 bits per heavy atom. The summed E-state index contributed by atoms with van der Waals surface area (Å²) in [6, 6.07) is 6.70. The fourth-order valence-electron chi connectivity index (χ4n) is 3.59. The zero-order chi connectivity index (χ0) is 12.0. The highest BCUT2D eigenvalue weighted by Gasteiger charge is 2.50. The molecule has 3 rings (SSSR count). The van der Waals surface area contributed by atoms with Crippen LogP contribution in [0.1, 0.15) is 37.3 Å². The molecule has 2 aliphatic rings. The summed E-state index contributed by atoms with van der Waals surface area (Å²) in [5, 5.41) is 3.14. The van der Waals surface area contributed by atoms with Crippen LogP contribution in [0.5, 0.6) is 0 Å². The number of hydrogen-bond acceptors (Lipinski definition) is 1. The van der Waals surface area contributed by atoms with Gasteiger partial charge in [0, 0.05) is 22.4 Å². The van der Waals surface area contributed by atoms with Crippen LogP contribution in [0, 0.1) is 0 Å². The lowest BCUT2D eigenvalue weighted by Gasteiger charge is -2.30. The van der Waals surface area contributed by atoms with E-state index in [4.69, 9.17) is 0 Å². The van der Waals surface area contributed by atoms with Crippen molar-refractivity contribution in [3.8, 4) is 0 Å². The largest absolute Gasteiger partial charge is 0.352 e. The molecule has 17 heavy (non-hydrogen) atoms. The molecule has 1 aliphatic carbocycles. The van der Waals surface area contributed by atoms with Gasteiger partial charge in [0.05, 0.1) is 0 Å². The smallest absolute Gasteiger partial charge is 0.221 e. The van der Waals surface area contributed by atoms with E-state index in [1.54, 1.807) is 0 Å². The molecule has 0 radical (unpaired) electrons. The quantitative estimate of drug-likeness (QED) is 0.847. The zero-order valence-electron chi connectivity index (χ0n) is 9.92. The second-order valence-corrected chi connectivity index (χ2v) is 5.98. The van der Waals surface area contributed by atoms with Crippen LogP contribution >= 0.6 is 15.9 Å². The molecule has 0 aromatic heterocycles. The number of carbonyl (C=O) groups is 1. The average molecular weight is 294 g/mol. The molecule has 2 nitrogen and oxygen atoms in total. The van der Waals surface area contributed by atoms with Gasteiger partial charge < -0.3 is 5.32 Å². The van der Waals surface area contributed by atoms with E-state index in [1.807, 2.05) is 0 Å². The van der Waals surface area contributed by atoms with Crippen molar-refractivity contribution < 1.29 is 4.79 Å². The number of fused-ring (bicyclic) bond motifs is 2. The Balaban J connectivity index is 2.13. The molecule has 1 amide bonds. The summed E-state index contributed by atoms with van der Waals surface area (Å²) in [4.78, 5) is 11.7. The Morgan fingerprint density at radius 2 is 2.35 bits per heavy atom. The second-order valence-electron chi connectivity index (χ2n) is 5.13. The summed E-state index contributed by atoms with van der Waals surface area (Å²) in [5.74, 6) is 0.213. The summed E-state index contributed by atoms with van der Waals surface area (Å²) < 4.78 is 1.20. The summed E-state index contributed by atoms with van der Waals surface area (Å²) in [5.41, 5.74) is 2.85. The molecule has 2 unspecified atom stereocenters. The van der Waals surface area contributed by atoms with E-state index in [0.29, 0.717) is 12.5 Å². The van der Waals surface area contributed by atoms with Gasteiger partial charge in [0.25, 0.3) is 0 Å². The van der Waals surface area contributed by atoms with Crippen molar-refractivity contribution in [3.05, 3.63) is 33.8 Å². The topological polar surface area (TPSA) is 29.1 Å². The summed E-state index contributed by atoms with van der Waals surface area (Å²) >= 11 is 3.63. The predicted molar refractivity (Wildman–Crippen MR) is 71.0 cm³/mol. The number of halogens is 1. The monoisotopic (exact) mass is 293 g/mol. The molecule has 0 saturated carbocycles. The molecule has 1 aliphatic heterocycles. The van der Waals surface area contributed by atoms with Crippen LogP contribution in [0.2, 0.25) is 0 Å². The zero-order valence-corrected chi connectivity index (χ0v) is 11.5. The first kappa shape index (κ1) is 11.3. The normalized spacial score (nSPS) is 30.7. The minimum Gasteiger partial charge on any atom is -0.352 e. The molecule has 2 atom stereocenters. The van der Waals surface area contributed by atoms with E-state index in [-0.39, 0.29) is 11.3 Å². The van der Waals surface area contributed by atoms with Crippen LogP contribution in [0.15, 0.2) is 22.7 Å². The third-order valence-corrected chi connectivity index (χ3v) is 5.11. The Hall–Kier alpha value is -0.830. The number of carbonyl (C=O) groups excluding carboxylic acids is 1. The van der Waals surface area contributed by atoms with Gasteiger partial charge in [0.1, 0.15) is 0 Å². The molecule has 1 fully saturated rings. The van der Waals surface area contributed by atoms with Gasteiger partial charge in [0.2, 0.25) is 5.91 Å². The molecular formula is C14H16BrNO. The molecular weight excluding hydrogens is 278 g/mol. The SMILES string of the molecule is CCC1NC(=O)CC12CCc1c(Br)cccc12. The molecule has 0 bridgehead atoms. The highest BCUT2D eigenvalue weighted by Crippen LogP contribution is 2.49. The molecule has 1 aromatic rings. The average Bonchev–Trinajstić information content (AvgIpc) is 2.83. The fraction of sp³-hybridized carbons (Fsp3) is 0.500. The van der Waals surface area contributed by atoms with E-state index in [0.717, 1.165) is 19.3 Å². The standard InChI is InChI=1S/C14H16BrNO/c1-2-12-14(8-13(17)16-12)7-6-9-10(14)4-3-5-11(9)15/h3-5,12H,2,6-8H2,1H3,(H,16,17). The van der Waals surface area contributed by atoms with Crippen molar-refractivity contribution >= 4 is 21.8 Å². The van der Waals surface area contributed by atoms with E-state index in [9.17, 15) is 4.79 Å². The first-order valence-electron chi connectivity index (χ1n) is 6.24. The van der Waals surface area contributed by atoms with Crippen LogP contribution in [0.25, 0.3) is 0 Å². The summed E-state index contributed by atoms with van der Waals surface area (Å²) in [6.07, 6.45) is 3.86. The highest BCUT2D eigenvalue weighted by molar-refractivity contribution is 9.10. The van der Waals surface area contributed by atoms with Crippen molar-refractivity contribution in [1.29, 1.82) is 0 Å². The lowest BCUT2D eigenvalue weighted by molar-refractivity contribution is -0.119. The van der Waals surface area contributed by atoms with E-state index >= 15 is 0 Å². The first-order valence-corrected chi connectivity index (χ1v) is 7.04. The highest BCUT2D eigenvalue weighted by atomic mass is 79.9. The maximum absolute atomic E-state index is 11.7. The minimum absolute atomic E-state index is 0.0605. The van der Waals surface area contributed by atoms with Gasteiger partial charge >= 0.3 is 0 Å². The van der Waals surface area contributed by atoms with Crippen LogP contribution in [-0.2, 0) is 16.6 Å². The molecule has 90 valence electrons. The molecule has 3 heteroatoms. The summed E-state index contributed by atoms with van der Waals surface area (Å²) in [6.45, 7) is 2.16. The van der Waals surface area contributed by atoms with Crippen LogP contribution in [0.4, 0.5) is 0 Å². The Bertz CT molecular complexity index is 485. The number of amides is 1. The number of hydrogen-bond donors (Lipinski definition) is 1. The Kier molecular flexibility index (Phi) is 2.54. The van der Waals surface area contributed by atoms with Crippen molar-refractivity contribution in [2.75, 3.05) is 0 Å². The number of nitrogens with one attached hydrogen (secondary N) is 1. The maximum atomic E-state index is 11.7. The number of benzene rings is 1. The predicted octanol–water partition coefficient (Wildman–Crippen LogP) is 2.93. The lowest BCUT2D eigenvalue weighted by atomic mass is 9.74. The van der Waals surface area contributed by atoms with E-state index < -0.39 is 0 Å². The van der Waals surface area contributed by atoms with Gasteiger partial charge in [-0.2, -0.15) is 0 Å². The number of rotatable bonds is 1. The van der Waals surface area contributed by atoms with Crippen molar-refractivity contribution in [3.63, 3.8) is 0 Å². The van der Waals surface area contributed by atoms with Gasteiger partial charge in [-0.05, 0) is 36.5 Å². The van der Waals surface area contributed by atoms with Crippen molar-refractivity contribution in [1.82, 2.24) is 5.32 Å². The van der Waals surface area contributed by atoms with Crippen LogP contribution < -0.4 is 5.32 Å². The third-order valence-electron chi connectivity index (χ3n) is 4.36. The van der Waals surface area contributed by atoms with Crippen molar-refractivity contribution in [2.24, 2.45) is 0 Å². The van der Waals surface area contributed by atoms with Crippen LogP contribution in [-0.4, -0.2) is 11.9 Å². The van der Waals surface area contributed by atoms with Gasteiger partial charge in [-0.25, -0.2) is 0 Å². The van der Waals surface area contributed by atoms with Gasteiger partial charge in [0.15, 0.2) is 0 Å². The molecule has 1 heterocycles. The maximum Gasteiger partial charge on any atom is 0.221 e. The van der Waals surface area contributed by atoms with Gasteiger partial charge in [-0.15, -0.1) is 0 Å². The fourth-order valence-corrected chi connectivity index (χ4v) is 4.16. The van der Waals surface area contributed by atoms with Crippen LogP contribution in [0.3, 0.4) is 0 Å². The molecule has 1 N–H and O–H groups in total. The van der Waals surface area contributed by atoms with Gasteiger partial charge in [-0.1, -0.05) is 35.0 Å².